The molecule has 2 aromatic heterocycles. The maximum Gasteiger partial charge on any atom is 0.152 e. The molecule has 3 nitrogen and oxygen atoms in total. The zero-order valence-corrected chi connectivity index (χ0v) is 24.3. The number of hydrogen-bond donors (Lipinski definition) is 0. The fraction of sp³-hybridized carbons (Fsp3) is 0. The zero-order chi connectivity index (χ0) is 29.5. The molecule has 0 spiro atoms. The van der Waals surface area contributed by atoms with Crippen LogP contribution >= 0.6 is 0 Å². The highest BCUT2D eigenvalue weighted by atomic mass is 16.5. The van der Waals surface area contributed by atoms with Crippen molar-refractivity contribution < 1.29 is 4.74 Å². The summed E-state index contributed by atoms with van der Waals surface area (Å²) in [5, 5.41) is 5.01. The van der Waals surface area contributed by atoms with Gasteiger partial charge in [0.25, 0.3) is 0 Å². The summed E-state index contributed by atoms with van der Waals surface area (Å²) >= 11 is 0. The van der Waals surface area contributed by atoms with Gasteiger partial charge in [-0.3, -0.25) is 0 Å². The summed E-state index contributed by atoms with van der Waals surface area (Å²) in [5.41, 5.74) is 11.7. The lowest BCUT2D eigenvalue weighted by atomic mass is 9.99. The van der Waals surface area contributed by atoms with Gasteiger partial charge in [0.05, 0.1) is 27.8 Å². The fourth-order valence-corrected chi connectivity index (χ4v) is 7.25. The predicted octanol–water partition coefficient (Wildman–Crippen LogP) is 11.3. The quantitative estimate of drug-likeness (QED) is 0.205. The van der Waals surface area contributed by atoms with Gasteiger partial charge in [0.1, 0.15) is 0 Å². The van der Waals surface area contributed by atoms with Crippen molar-refractivity contribution in [3.05, 3.63) is 158 Å². The molecule has 9 aromatic rings. The van der Waals surface area contributed by atoms with Crippen LogP contribution in [0.4, 0.5) is 0 Å². The molecule has 0 fully saturated rings. The molecule has 7 aromatic carbocycles. The Hall–Kier alpha value is -6.06. The van der Waals surface area contributed by atoms with Gasteiger partial charge in [-0.2, -0.15) is 0 Å². The molecule has 0 saturated carbocycles. The van der Waals surface area contributed by atoms with Gasteiger partial charge in [0.15, 0.2) is 11.5 Å². The van der Waals surface area contributed by atoms with Crippen LogP contribution < -0.4 is 4.74 Å². The molecular formula is C42H26N2O. The van der Waals surface area contributed by atoms with E-state index in [0.717, 1.165) is 34.0 Å². The Labute approximate surface area is 259 Å². The summed E-state index contributed by atoms with van der Waals surface area (Å²) in [6, 6.07) is 56.5. The number of fused-ring (bicyclic) bond motifs is 8. The van der Waals surface area contributed by atoms with E-state index in [4.69, 9.17) is 4.74 Å². The summed E-state index contributed by atoms with van der Waals surface area (Å²) < 4.78 is 11.1. The maximum atomic E-state index is 6.41. The van der Waals surface area contributed by atoms with Gasteiger partial charge in [-0.05, 0) is 70.8 Å². The van der Waals surface area contributed by atoms with Gasteiger partial charge in [-0.1, -0.05) is 109 Å². The molecule has 0 aliphatic carbocycles. The van der Waals surface area contributed by atoms with Crippen molar-refractivity contribution in [1.82, 2.24) is 9.13 Å². The minimum Gasteiger partial charge on any atom is -0.453 e. The number of nitrogens with zero attached hydrogens (tertiary/aromatic N) is 2. The summed E-state index contributed by atoms with van der Waals surface area (Å²) in [6.07, 6.45) is 0. The van der Waals surface area contributed by atoms with Crippen LogP contribution in [0.3, 0.4) is 0 Å². The summed E-state index contributed by atoms with van der Waals surface area (Å²) in [5.74, 6) is 1.78. The molecule has 1 aliphatic heterocycles. The van der Waals surface area contributed by atoms with E-state index in [9.17, 15) is 0 Å². The standard InChI is InChI=1S/C42H26N2O/c1-4-12-36-32(8-1)33-9-2-5-13-37(33)43(36)31-23-20-28(21-24-31)27-16-18-29(19-17-27)30-22-25-40-39(26-30)44-38-14-6-3-10-34(38)35-11-7-15-41(45-40)42(35)44/h1-26H. The summed E-state index contributed by atoms with van der Waals surface area (Å²) in [7, 11) is 0. The molecule has 3 heteroatoms. The number of aromatic nitrogens is 2. The first-order valence-electron chi connectivity index (χ1n) is 15.4. The van der Waals surface area contributed by atoms with Gasteiger partial charge >= 0.3 is 0 Å². The predicted molar refractivity (Wildman–Crippen MR) is 186 cm³/mol. The fourth-order valence-electron chi connectivity index (χ4n) is 7.25. The first-order valence-corrected chi connectivity index (χ1v) is 15.4. The molecule has 1 aliphatic rings. The largest absolute Gasteiger partial charge is 0.453 e. The Morgan fingerprint density at radius 1 is 0.356 bits per heavy atom. The lowest BCUT2D eigenvalue weighted by Crippen LogP contribution is -2.04. The van der Waals surface area contributed by atoms with Crippen LogP contribution in [0.5, 0.6) is 11.5 Å². The Balaban J connectivity index is 1.01. The minimum absolute atomic E-state index is 0.875. The Kier molecular flexibility index (Phi) is 5.00. The van der Waals surface area contributed by atoms with Crippen molar-refractivity contribution >= 4 is 43.6 Å². The third-order valence-electron chi connectivity index (χ3n) is 9.33. The summed E-state index contributed by atoms with van der Waals surface area (Å²) in [4.78, 5) is 0. The highest BCUT2D eigenvalue weighted by molar-refractivity contribution is 6.12. The highest BCUT2D eigenvalue weighted by Crippen LogP contribution is 2.46. The van der Waals surface area contributed by atoms with Crippen molar-refractivity contribution in [2.24, 2.45) is 0 Å². The first kappa shape index (κ1) is 24.4. The van der Waals surface area contributed by atoms with E-state index in [1.807, 2.05) is 0 Å². The van der Waals surface area contributed by atoms with Crippen molar-refractivity contribution in [3.8, 4) is 45.1 Å². The third-order valence-corrected chi connectivity index (χ3v) is 9.33. The van der Waals surface area contributed by atoms with E-state index in [1.165, 1.54) is 54.8 Å². The summed E-state index contributed by atoms with van der Waals surface area (Å²) in [6.45, 7) is 0. The first-order chi connectivity index (χ1) is 22.3. The van der Waals surface area contributed by atoms with Crippen LogP contribution in [0, 0.1) is 0 Å². The van der Waals surface area contributed by atoms with Crippen molar-refractivity contribution in [2.75, 3.05) is 0 Å². The highest BCUT2D eigenvalue weighted by Gasteiger charge is 2.23. The number of hydrogen-bond acceptors (Lipinski definition) is 1. The van der Waals surface area contributed by atoms with Crippen LogP contribution in [-0.2, 0) is 0 Å². The van der Waals surface area contributed by atoms with Crippen LogP contribution in [0.15, 0.2) is 158 Å². The number of rotatable bonds is 3. The van der Waals surface area contributed by atoms with Crippen LogP contribution in [0.1, 0.15) is 0 Å². The van der Waals surface area contributed by atoms with Crippen LogP contribution in [0.25, 0.3) is 77.2 Å². The molecule has 0 bridgehead atoms. The van der Waals surface area contributed by atoms with Crippen molar-refractivity contribution in [3.63, 3.8) is 0 Å². The minimum atomic E-state index is 0.875. The monoisotopic (exact) mass is 574 g/mol. The van der Waals surface area contributed by atoms with Crippen molar-refractivity contribution in [1.29, 1.82) is 0 Å². The molecule has 0 saturated heterocycles. The molecular weight excluding hydrogens is 548 g/mol. The van der Waals surface area contributed by atoms with E-state index < -0.39 is 0 Å². The van der Waals surface area contributed by atoms with Gasteiger partial charge in [-0.25, -0.2) is 0 Å². The number of para-hydroxylation sites is 4. The molecule has 0 N–H and O–H groups in total. The topological polar surface area (TPSA) is 19.1 Å². The SMILES string of the molecule is c1ccc2c(c1)c1ccccc1n2-c1ccc(-c2ccc(-c3ccc4c(c3)-n3c5ccccc5c5cccc(c53)O4)cc2)cc1. The third kappa shape index (κ3) is 3.52. The molecule has 0 radical (unpaired) electrons. The lowest BCUT2D eigenvalue weighted by Gasteiger charge is -2.21. The average molecular weight is 575 g/mol. The second kappa shape index (κ2) is 9.22. The molecule has 0 amide bonds. The molecule has 210 valence electrons. The smallest absolute Gasteiger partial charge is 0.152 e. The van der Waals surface area contributed by atoms with E-state index in [0.29, 0.717) is 0 Å². The number of benzene rings is 7. The zero-order valence-electron chi connectivity index (χ0n) is 24.3. The molecule has 0 atom stereocenters. The van der Waals surface area contributed by atoms with Gasteiger partial charge < -0.3 is 13.9 Å². The Bertz CT molecular complexity index is 2550. The van der Waals surface area contributed by atoms with Gasteiger partial charge in [-0.15, -0.1) is 0 Å². The normalized spacial score (nSPS) is 12.2. The Morgan fingerprint density at radius 3 is 1.49 bits per heavy atom. The van der Waals surface area contributed by atoms with E-state index in [2.05, 4.69) is 167 Å². The van der Waals surface area contributed by atoms with Crippen molar-refractivity contribution in [2.45, 2.75) is 0 Å². The van der Waals surface area contributed by atoms with Gasteiger partial charge in [0, 0.05) is 27.2 Å². The maximum absolute atomic E-state index is 6.41. The second-order valence-electron chi connectivity index (χ2n) is 11.8. The van der Waals surface area contributed by atoms with Crippen LogP contribution in [-0.4, -0.2) is 9.13 Å². The lowest BCUT2D eigenvalue weighted by molar-refractivity contribution is 0.476. The average Bonchev–Trinajstić information content (AvgIpc) is 3.63. The second-order valence-corrected chi connectivity index (χ2v) is 11.8. The van der Waals surface area contributed by atoms with Gasteiger partial charge in [0.2, 0.25) is 0 Å². The molecule has 0 unspecified atom stereocenters. The molecule has 3 heterocycles. The van der Waals surface area contributed by atoms with E-state index in [1.54, 1.807) is 0 Å². The molecule has 10 rings (SSSR count). The van der Waals surface area contributed by atoms with E-state index in [-0.39, 0.29) is 0 Å². The Morgan fingerprint density at radius 2 is 0.844 bits per heavy atom. The van der Waals surface area contributed by atoms with E-state index >= 15 is 0 Å². The number of ether oxygens (including phenoxy) is 1. The van der Waals surface area contributed by atoms with Crippen LogP contribution in [0.2, 0.25) is 0 Å². The molecule has 45 heavy (non-hydrogen) atoms.